The Balaban J connectivity index is 2.31. The summed E-state index contributed by atoms with van der Waals surface area (Å²) in [5, 5.41) is 0. The Morgan fingerprint density at radius 3 is 2.50 bits per heavy atom. The normalized spacial score (nSPS) is 11.7. The van der Waals surface area contributed by atoms with Crippen molar-refractivity contribution in [3.05, 3.63) is 35.9 Å². The predicted molar refractivity (Wildman–Crippen MR) is 65.5 cm³/mol. The van der Waals surface area contributed by atoms with E-state index in [1.54, 1.807) is 6.92 Å². The minimum atomic E-state index is -0.965. The van der Waals surface area contributed by atoms with Gasteiger partial charge in [0.1, 0.15) is 12.6 Å². The van der Waals surface area contributed by atoms with Crippen LogP contribution in [0, 0.1) is 0 Å². The molecule has 0 spiro atoms. The Morgan fingerprint density at radius 1 is 1.22 bits per heavy atom. The lowest BCUT2D eigenvalue weighted by atomic mass is 10.2. The molecule has 0 saturated carbocycles. The van der Waals surface area contributed by atoms with Crippen molar-refractivity contribution >= 4 is 11.9 Å². The number of esters is 2. The lowest BCUT2D eigenvalue weighted by Gasteiger charge is -2.10. The van der Waals surface area contributed by atoms with E-state index in [-0.39, 0.29) is 19.6 Å². The Morgan fingerprint density at radius 2 is 1.89 bits per heavy atom. The summed E-state index contributed by atoms with van der Waals surface area (Å²) in [6.07, 6.45) is -0.175. The summed E-state index contributed by atoms with van der Waals surface area (Å²) in [5.74, 6) is -1.10. The van der Waals surface area contributed by atoms with E-state index in [1.807, 2.05) is 30.3 Å². The monoisotopic (exact) mass is 251 g/mol. The second-order valence-corrected chi connectivity index (χ2v) is 3.71. The minimum Gasteiger partial charge on any atom is -0.465 e. The second-order valence-electron chi connectivity index (χ2n) is 3.71. The van der Waals surface area contributed by atoms with Gasteiger partial charge in [-0.05, 0) is 12.5 Å². The first-order valence-corrected chi connectivity index (χ1v) is 5.75. The molecule has 0 aromatic heterocycles. The summed E-state index contributed by atoms with van der Waals surface area (Å²) in [6.45, 7) is 2.10. The molecule has 18 heavy (non-hydrogen) atoms. The summed E-state index contributed by atoms with van der Waals surface area (Å²) in [4.78, 5) is 22.6. The van der Waals surface area contributed by atoms with Gasteiger partial charge in [-0.2, -0.15) is 0 Å². The highest BCUT2D eigenvalue weighted by Gasteiger charge is 2.19. The highest BCUT2D eigenvalue weighted by atomic mass is 16.5. The van der Waals surface area contributed by atoms with Gasteiger partial charge in [-0.25, -0.2) is 0 Å². The molecule has 0 aliphatic rings. The maximum Gasteiger partial charge on any atom is 0.323 e. The standard InChI is InChI=1S/C13H17NO4/c1-2-17-13(16)11(14)8-12(15)18-9-10-6-4-3-5-7-10/h3-7,11H,2,8-9,14H2,1H3/t11-/m1/s1. The maximum atomic E-state index is 11.4. The summed E-state index contributed by atoms with van der Waals surface area (Å²) < 4.78 is 9.70. The molecule has 1 atom stereocenters. The van der Waals surface area contributed by atoms with Gasteiger partial charge in [0.2, 0.25) is 0 Å². The van der Waals surface area contributed by atoms with Crippen molar-refractivity contribution in [1.29, 1.82) is 0 Å². The van der Waals surface area contributed by atoms with Crippen molar-refractivity contribution in [1.82, 2.24) is 0 Å². The average molecular weight is 251 g/mol. The van der Waals surface area contributed by atoms with Crippen LogP contribution < -0.4 is 5.73 Å². The summed E-state index contributed by atoms with van der Waals surface area (Å²) in [5.41, 5.74) is 6.38. The van der Waals surface area contributed by atoms with Crippen LogP contribution in [0.2, 0.25) is 0 Å². The average Bonchev–Trinajstić information content (AvgIpc) is 2.38. The van der Waals surface area contributed by atoms with Crippen LogP contribution in [0.1, 0.15) is 18.9 Å². The smallest absolute Gasteiger partial charge is 0.323 e. The SMILES string of the molecule is CCOC(=O)[C@H](N)CC(=O)OCc1ccccc1. The second kappa shape index (κ2) is 7.45. The molecule has 1 aromatic carbocycles. The van der Waals surface area contributed by atoms with E-state index < -0.39 is 18.0 Å². The molecule has 0 bridgehead atoms. The van der Waals surface area contributed by atoms with Gasteiger partial charge in [0.05, 0.1) is 13.0 Å². The van der Waals surface area contributed by atoms with Gasteiger partial charge in [-0.3, -0.25) is 9.59 Å². The van der Waals surface area contributed by atoms with Gasteiger partial charge in [0.15, 0.2) is 0 Å². The van der Waals surface area contributed by atoms with Gasteiger partial charge < -0.3 is 15.2 Å². The van der Waals surface area contributed by atoms with Crippen molar-refractivity contribution < 1.29 is 19.1 Å². The van der Waals surface area contributed by atoms with Crippen LogP contribution in [0.4, 0.5) is 0 Å². The number of hydrogen-bond acceptors (Lipinski definition) is 5. The fraction of sp³-hybridized carbons (Fsp3) is 0.385. The van der Waals surface area contributed by atoms with Crippen LogP contribution in [0.25, 0.3) is 0 Å². The van der Waals surface area contributed by atoms with Gasteiger partial charge in [-0.15, -0.1) is 0 Å². The lowest BCUT2D eigenvalue weighted by molar-refractivity contribution is -0.152. The van der Waals surface area contributed by atoms with Gasteiger partial charge >= 0.3 is 11.9 Å². The summed E-state index contributed by atoms with van der Waals surface area (Å²) >= 11 is 0. The zero-order chi connectivity index (χ0) is 13.4. The Bertz CT molecular complexity index is 391. The number of benzene rings is 1. The molecule has 0 radical (unpaired) electrons. The van der Waals surface area contributed by atoms with Crippen molar-refractivity contribution in [3.8, 4) is 0 Å². The van der Waals surface area contributed by atoms with E-state index in [1.165, 1.54) is 0 Å². The van der Waals surface area contributed by atoms with Crippen LogP contribution in [-0.2, 0) is 25.7 Å². The van der Waals surface area contributed by atoms with Gasteiger partial charge in [-0.1, -0.05) is 30.3 Å². The van der Waals surface area contributed by atoms with Crippen LogP contribution in [0.5, 0.6) is 0 Å². The molecule has 0 heterocycles. The highest BCUT2D eigenvalue weighted by molar-refractivity contribution is 5.82. The quantitative estimate of drug-likeness (QED) is 0.763. The van der Waals surface area contributed by atoms with Crippen molar-refractivity contribution in [2.45, 2.75) is 26.0 Å². The van der Waals surface area contributed by atoms with E-state index in [0.717, 1.165) is 5.56 Å². The third kappa shape index (κ3) is 4.97. The number of ether oxygens (including phenoxy) is 2. The molecule has 1 aromatic rings. The van der Waals surface area contributed by atoms with Crippen LogP contribution in [-0.4, -0.2) is 24.6 Å². The number of rotatable bonds is 6. The van der Waals surface area contributed by atoms with E-state index >= 15 is 0 Å². The minimum absolute atomic E-state index is 0.175. The molecular weight excluding hydrogens is 234 g/mol. The molecule has 1 rings (SSSR count). The zero-order valence-electron chi connectivity index (χ0n) is 10.3. The molecule has 0 amide bonds. The number of carbonyl (C=O) groups is 2. The maximum absolute atomic E-state index is 11.4. The summed E-state index contributed by atoms with van der Waals surface area (Å²) in [6, 6.07) is 8.31. The highest BCUT2D eigenvalue weighted by Crippen LogP contribution is 2.03. The molecule has 0 aliphatic heterocycles. The predicted octanol–water partition coefficient (Wildman–Crippen LogP) is 1.01. The first-order valence-electron chi connectivity index (χ1n) is 5.75. The molecule has 98 valence electrons. The zero-order valence-corrected chi connectivity index (χ0v) is 10.3. The molecule has 5 heteroatoms. The number of hydrogen-bond donors (Lipinski definition) is 1. The third-order valence-corrected chi connectivity index (χ3v) is 2.22. The van der Waals surface area contributed by atoms with Crippen LogP contribution in [0.3, 0.4) is 0 Å². The topological polar surface area (TPSA) is 78.6 Å². The van der Waals surface area contributed by atoms with E-state index in [0.29, 0.717) is 0 Å². The molecule has 0 saturated heterocycles. The van der Waals surface area contributed by atoms with Crippen molar-refractivity contribution in [2.24, 2.45) is 5.73 Å². The van der Waals surface area contributed by atoms with E-state index in [4.69, 9.17) is 15.2 Å². The largest absolute Gasteiger partial charge is 0.465 e. The molecule has 0 unspecified atom stereocenters. The Kier molecular flexibility index (Phi) is 5.87. The summed E-state index contributed by atoms with van der Waals surface area (Å²) in [7, 11) is 0. The third-order valence-electron chi connectivity index (χ3n) is 2.22. The fourth-order valence-corrected chi connectivity index (χ4v) is 1.31. The fourth-order valence-electron chi connectivity index (χ4n) is 1.31. The molecule has 0 fully saturated rings. The lowest BCUT2D eigenvalue weighted by Crippen LogP contribution is -2.35. The van der Waals surface area contributed by atoms with E-state index in [2.05, 4.69) is 0 Å². The Hall–Kier alpha value is -1.88. The number of nitrogens with two attached hydrogens (primary N) is 1. The van der Waals surface area contributed by atoms with Crippen molar-refractivity contribution in [3.63, 3.8) is 0 Å². The first kappa shape index (κ1) is 14.2. The first-order chi connectivity index (χ1) is 8.63. The van der Waals surface area contributed by atoms with Gasteiger partial charge in [0.25, 0.3) is 0 Å². The molecular formula is C13H17NO4. The number of carbonyl (C=O) groups excluding carboxylic acids is 2. The molecule has 2 N–H and O–H groups in total. The van der Waals surface area contributed by atoms with E-state index in [9.17, 15) is 9.59 Å². The molecule has 5 nitrogen and oxygen atoms in total. The van der Waals surface area contributed by atoms with Crippen LogP contribution >= 0.6 is 0 Å². The van der Waals surface area contributed by atoms with Crippen LogP contribution in [0.15, 0.2) is 30.3 Å². The molecule has 0 aliphatic carbocycles. The van der Waals surface area contributed by atoms with Crippen molar-refractivity contribution in [2.75, 3.05) is 6.61 Å². The Labute approximate surface area is 106 Å². The van der Waals surface area contributed by atoms with Gasteiger partial charge in [0, 0.05) is 0 Å².